The molecule has 4 nitrogen and oxygen atoms in total. The first-order valence-corrected chi connectivity index (χ1v) is 6.67. The van der Waals surface area contributed by atoms with Gasteiger partial charge in [0.05, 0.1) is 22.7 Å². The molecule has 1 heterocycles. The highest BCUT2D eigenvalue weighted by Gasteiger charge is 2.22. The normalized spacial score (nSPS) is 11.6. The van der Waals surface area contributed by atoms with Crippen LogP contribution in [0, 0.1) is 0 Å². The van der Waals surface area contributed by atoms with Gasteiger partial charge in [0.25, 0.3) is 5.91 Å². The van der Waals surface area contributed by atoms with Crippen molar-refractivity contribution in [2.45, 2.75) is 19.4 Å². The molecule has 2 rings (SSSR count). The predicted octanol–water partition coefficient (Wildman–Crippen LogP) is 3.04. The van der Waals surface area contributed by atoms with Gasteiger partial charge in [-0.05, 0) is 26.0 Å². The Bertz CT molecular complexity index is 641. The molecule has 5 heteroatoms. The van der Waals surface area contributed by atoms with Crippen molar-refractivity contribution in [1.29, 1.82) is 0 Å². The van der Waals surface area contributed by atoms with E-state index < -0.39 is 5.54 Å². The van der Waals surface area contributed by atoms with Crippen LogP contribution in [0.25, 0.3) is 10.9 Å². The van der Waals surface area contributed by atoms with Crippen LogP contribution in [0.2, 0.25) is 5.02 Å². The van der Waals surface area contributed by atoms with Gasteiger partial charge in [0.15, 0.2) is 0 Å². The van der Waals surface area contributed by atoms with Crippen molar-refractivity contribution < 1.29 is 9.53 Å². The summed E-state index contributed by atoms with van der Waals surface area (Å²) in [5.74, 6) is -0.264. The van der Waals surface area contributed by atoms with Crippen LogP contribution in [0.1, 0.15) is 24.3 Å². The molecule has 106 valence electrons. The maximum Gasteiger partial charge on any atom is 0.270 e. The van der Waals surface area contributed by atoms with E-state index in [4.69, 9.17) is 16.3 Å². The van der Waals surface area contributed by atoms with Crippen LogP contribution < -0.4 is 5.32 Å². The zero-order chi connectivity index (χ0) is 14.8. The van der Waals surface area contributed by atoms with Gasteiger partial charge in [-0.1, -0.05) is 29.8 Å². The topological polar surface area (TPSA) is 51.2 Å². The Kier molecular flexibility index (Phi) is 4.26. The van der Waals surface area contributed by atoms with Crippen LogP contribution in [0.3, 0.4) is 0 Å². The fraction of sp³-hybridized carbons (Fsp3) is 0.333. The molecule has 0 fully saturated rings. The van der Waals surface area contributed by atoms with Gasteiger partial charge in [-0.3, -0.25) is 4.79 Å². The summed E-state index contributed by atoms with van der Waals surface area (Å²) < 4.78 is 5.08. The third kappa shape index (κ3) is 3.26. The van der Waals surface area contributed by atoms with Crippen LogP contribution in [0.5, 0.6) is 0 Å². The number of amides is 1. The lowest BCUT2D eigenvalue weighted by Gasteiger charge is -2.25. The summed E-state index contributed by atoms with van der Waals surface area (Å²) in [5.41, 5.74) is 0.540. The second kappa shape index (κ2) is 5.77. The quantitative estimate of drug-likeness (QED) is 0.942. The van der Waals surface area contributed by atoms with E-state index in [1.807, 2.05) is 38.1 Å². The molecule has 0 saturated carbocycles. The van der Waals surface area contributed by atoms with E-state index in [-0.39, 0.29) is 5.91 Å². The number of benzene rings is 1. The van der Waals surface area contributed by atoms with E-state index in [1.54, 1.807) is 13.2 Å². The molecule has 0 aliphatic carbocycles. The van der Waals surface area contributed by atoms with Crippen molar-refractivity contribution in [3.8, 4) is 0 Å². The standard InChI is InChI=1S/C15H17ClN2O2/c1-15(2,9-20-3)18-14(19)13-8-11(16)10-6-4-5-7-12(10)17-13/h4-8H,9H2,1-3H3,(H,18,19). The van der Waals surface area contributed by atoms with E-state index in [0.717, 1.165) is 5.39 Å². The molecule has 0 aliphatic heterocycles. The van der Waals surface area contributed by atoms with Crippen molar-refractivity contribution >= 4 is 28.4 Å². The molecular formula is C15H17ClN2O2. The number of rotatable bonds is 4. The van der Waals surface area contributed by atoms with Gasteiger partial charge in [0.2, 0.25) is 0 Å². The SMILES string of the molecule is COCC(C)(C)NC(=O)c1cc(Cl)c2ccccc2n1. The lowest BCUT2D eigenvalue weighted by molar-refractivity contribution is 0.0815. The van der Waals surface area contributed by atoms with Gasteiger partial charge >= 0.3 is 0 Å². The lowest BCUT2D eigenvalue weighted by Crippen LogP contribution is -2.47. The number of methoxy groups -OCH3 is 1. The van der Waals surface area contributed by atoms with Crippen molar-refractivity contribution in [2.24, 2.45) is 0 Å². The van der Waals surface area contributed by atoms with Gasteiger partial charge in [-0.2, -0.15) is 0 Å². The summed E-state index contributed by atoms with van der Waals surface area (Å²) in [6.45, 7) is 4.19. The summed E-state index contributed by atoms with van der Waals surface area (Å²) in [6, 6.07) is 9.04. The van der Waals surface area contributed by atoms with E-state index in [1.165, 1.54) is 0 Å². The minimum absolute atomic E-state index is 0.264. The maximum atomic E-state index is 12.2. The first-order chi connectivity index (χ1) is 9.43. The predicted molar refractivity (Wildman–Crippen MR) is 80.2 cm³/mol. The molecule has 0 spiro atoms. The summed E-state index contributed by atoms with van der Waals surface area (Å²) >= 11 is 6.19. The molecule has 0 atom stereocenters. The van der Waals surface area contributed by atoms with Crippen molar-refractivity contribution in [3.63, 3.8) is 0 Å². The number of carbonyl (C=O) groups is 1. The minimum Gasteiger partial charge on any atom is -0.382 e. The number of halogens is 1. The minimum atomic E-state index is -0.467. The van der Waals surface area contributed by atoms with Crippen LogP contribution >= 0.6 is 11.6 Å². The number of nitrogens with one attached hydrogen (secondary N) is 1. The highest BCUT2D eigenvalue weighted by molar-refractivity contribution is 6.35. The monoisotopic (exact) mass is 292 g/mol. The molecule has 0 saturated heterocycles. The van der Waals surface area contributed by atoms with Gasteiger partial charge in [-0.15, -0.1) is 0 Å². The number of fused-ring (bicyclic) bond motifs is 1. The Balaban J connectivity index is 2.31. The summed E-state index contributed by atoms with van der Waals surface area (Å²) in [6.07, 6.45) is 0. The molecule has 1 aromatic heterocycles. The smallest absolute Gasteiger partial charge is 0.270 e. The van der Waals surface area contributed by atoms with Crippen LogP contribution in [-0.2, 0) is 4.74 Å². The highest BCUT2D eigenvalue weighted by atomic mass is 35.5. The van der Waals surface area contributed by atoms with E-state index in [2.05, 4.69) is 10.3 Å². The molecular weight excluding hydrogens is 276 g/mol. The third-order valence-electron chi connectivity index (χ3n) is 2.86. The molecule has 0 radical (unpaired) electrons. The second-order valence-electron chi connectivity index (χ2n) is 5.28. The van der Waals surface area contributed by atoms with Crippen molar-refractivity contribution in [1.82, 2.24) is 10.3 Å². The number of aromatic nitrogens is 1. The number of hydrogen-bond acceptors (Lipinski definition) is 3. The molecule has 1 amide bonds. The van der Waals surface area contributed by atoms with Crippen LogP contribution in [0.4, 0.5) is 0 Å². The first kappa shape index (κ1) is 14.8. The molecule has 0 bridgehead atoms. The average Bonchev–Trinajstić information content (AvgIpc) is 2.38. The Hall–Kier alpha value is -1.65. The maximum absolute atomic E-state index is 12.2. The zero-order valence-electron chi connectivity index (χ0n) is 11.7. The Morgan fingerprint density at radius 2 is 2.10 bits per heavy atom. The summed E-state index contributed by atoms with van der Waals surface area (Å²) in [5, 5.41) is 4.23. The van der Waals surface area contributed by atoms with Crippen LogP contribution in [-0.4, -0.2) is 30.1 Å². The fourth-order valence-corrected chi connectivity index (χ4v) is 2.28. The number of ether oxygens (including phenoxy) is 1. The molecule has 1 N–H and O–H groups in total. The molecule has 1 aromatic carbocycles. The van der Waals surface area contributed by atoms with E-state index in [9.17, 15) is 4.79 Å². The molecule has 20 heavy (non-hydrogen) atoms. The first-order valence-electron chi connectivity index (χ1n) is 6.30. The largest absolute Gasteiger partial charge is 0.382 e. The van der Waals surface area contributed by atoms with Gasteiger partial charge in [0.1, 0.15) is 5.69 Å². The summed E-state index contributed by atoms with van der Waals surface area (Å²) in [7, 11) is 1.60. The van der Waals surface area contributed by atoms with Gasteiger partial charge in [-0.25, -0.2) is 4.98 Å². The zero-order valence-corrected chi connectivity index (χ0v) is 12.5. The van der Waals surface area contributed by atoms with Crippen molar-refractivity contribution in [3.05, 3.63) is 41.0 Å². The van der Waals surface area contributed by atoms with E-state index in [0.29, 0.717) is 22.8 Å². The molecule has 0 aliphatic rings. The van der Waals surface area contributed by atoms with E-state index >= 15 is 0 Å². The number of pyridine rings is 1. The van der Waals surface area contributed by atoms with Gasteiger partial charge in [0, 0.05) is 12.5 Å². The molecule has 2 aromatic rings. The Morgan fingerprint density at radius 3 is 2.80 bits per heavy atom. The Morgan fingerprint density at radius 1 is 1.40 bits per heavy atom. The number of nitrogens with zero attached hydrogens (tertiary/aromatic N) is 1. The number of para-hydroxylation sites is 1. The van der Waals surface area contributed by atoms with Gasteiger partial charge < -0.3 is 10.1 Å². The third-order valence-corrected chi connectivity index (χ3v) is 3.17. The number of hydrogen-bond donors (Lipinski definition) is 1. The van der Waals surface area contributed by atoms with Crippen LogP contribution in [0.15, 0.2) is 30.3 Å². The van der Waals surface area contributed by atoms with Crippen molar-refractivity contribution in [2.75, 3.05) is 13.7 Å². The molecule has 0 unspecified atom stereocenters. The Labute approximate surface area is 123 Å². The average molecular weight is 293 g/mol. The fourth-order valence-electron chi connectivity index (χ4n) is 2.02. The highest BCUT2D eigenvalue weighted by Crippen LogP contribution is 2.23. The summed E-state index contributed by atoms with van der Waals surface area (Å²) in [4.78, 5) is 16.6. The second-order valence-corrected chi connectivity index (χ2v) is 5.68. The number of carbonyl (C=O) groups excluding carboxylic acids is 1. The lowest BCUT2D eigenvalue weighted by atomic mass is 10.1.